The average molecular weight is 214 g/mol. The SMILES string of the molecule is c1ccc2nc(C3CNCCN3)ncc2c1. The van der Waals surface area contributed by atoms with Gasteiger partial charge in [0, 0.05) is 31.2 Å². The van der Waals surface area contributed by atoms with Crippen LogP contribution in [-0.2, 0) is 0 Å². The fourth-order valence-corrected chi connectivity index (χ4v) is 1.99. The monoisotopic (exact) mass is 214 g/mol. The van der Waals surface area contributed by atoms with Crippen LogP contribution in [0.5, 0.6) is 0 Å². The van der Waals surface area contributed by atoms with Crippen molar-refractivity contribution in [3.63, 3.8) is 0 Å². The first-order valence-corrected chi connectivity index (χ1v) is 5.59. The Morgan fingerprint density at radius 1 is 1.19 bits per heavy atom. The van der Waals surface area contributed by atoms with E-state index in [-0.39, 0.29) is 6.04 Å². The molecule has 1 aromatic carbocycles. The van der Waals surface area contributed by atoms with Gasteiger partial charge < -0.3 is 10.6 Å². The van der Waals surface area contributed by atoms with Gasteiger partial charge in [0.1, 0.15) is 5.82 Å². The number of hydrogen-bond acceptors (Lipinski definition) is 4. The molecule has 2 N–H and O–H groups in total. The maximum absolute atomic E-state index is 4.59. The van der Waals surface area contributed by atoms with Crippen molar-refractivity contribution >= 4 is 10.9 Å². The molecule has 82 valence electrons. The van der Waals surface area contributed by atoms with E-state index >= 15 is 0 Å². The van der Waals surface area contributed by atoms with Crippen LogP contribution in [0, 0.1) is 0 Å². The van der Waals surface area contributed by atoms with Crippen LogP contribution in [0.4, 0.5) is 0 Å². The Labute approximate surface area is 94.1 Å². The Hall–Kier alpha value is -1.52. The summed E-state index contributed by atoms with van der Waals surface area (Å²) >= 11 is 0. The highest BCUT2D eigenvalue weighted by molar-refractivity contribution is 5.77. The van der Waals surface area contributed by atoms with Crippen LogP contribution >= 0.6 is 0 Å². The molecular weight excluding hydrogens is 200 g/mol. The highest BCUT2D eigenvalue weighted by Crippen LogP contribution is 2.14. The lowest BCUT2D eigenvalue weighted by Crippen LogP contribution is -2.43. The molecule has 1 atom stereocenters. The Balaban J connectivity index is 1.97. The van der Waals surface area contributed by atoms with Gasteiger partial charge in [-0.25, -0.2) is 9.97 Å². The second-order valence-corrected chi connectivity index (χ2v) is 4.00. The molecule has 0 amide bonds. The first kappa shape index (κ1) is 9.69. The van der Waals surface area contributed by atoms with Crippen LogP contribution in [0.25, 0.3) is 10.9 Å². The maximum Gasteiger partial charge on any atom is 0.147 e. The number of piperazine rings is 1. The van der Waals surface area contributed by atoms with Crippen LogP contribution in [0.15, 0.2) is 30.5 Å². The molecule has 1 aromatic heterocycles. The standard InChI is InChI=1S/C12H14N4/c1-2-4-10-9(3-1)7-15-12(16-10)11-8-13-5-6-14-11/h1-4,7,11,13-14H,5-6,8H2. The van der Waals surface area contributed by atoms with E-state index in [0.29, 0.717) is 0 Å². The van der Waals surface area contributed by atoms with Crippen LogP contribution < -0.4 is 10.6 Å². The van der Waals surface area contributed by atoms with Gasteiger partial charge in [-0.15, -0.1) is 0 Å². The summed E-state index contributed by atoms with van der Waals surface area (Å²) in [4.78, 5) is 9.00. The number of rotatable bonds is 1. The van der Waals surface area contributed by atoms with Gasteiger partial charge in [-0.3, -0.25) is 0 Å². The molecule has 0 bridgehead atoms. The summed E-state index contributed by atoms with van der Waals surface area (Å²) in [6.07, 6.45) is 1.90. The Bertz CT molecular complexity index is 491. The average Bonchev–Trinajstić information content (AvgIpc) is 2.39. The molecule has 2 aromatic rings. The lowest BCUT2D eigenvalue weighted by Gasteiger charge is -2.23. The molecule has 1 aliphatic heterocycles. The number of aromatic nitrogens is 2. The zero-order valence-electron chi connectivity index (χ0n) is 8.98. The van der Waals surface area contributed by atoms with E-state index in [1.54, 1.807) is 0 Å². The topological polar surface area (TPSA) is 49.8 Å². The number of hydrogen-bond donors (Lipinski definition) is 2. The molecular formula is C12H14N4. The number of fused-ring (bicyclic) bond motifs is 1. The number of para-hydroxylation sites is 1. The van der Waals surface area contributed by atoms with Gasteiger partial charge in [-0.2, -0.15) is 0 Å². The van der Waals surface area contributed by atoms with E-state index < -0.39 is 0 Å². The second-order valence-electron chi connectivity index (χ2n) is 4.00. The predicted molar refractivity (Wildman–Crippen MR) is 63.2 cm³/mol. The van der Waals surface area contributed by atoms with Crippen molar-refractivity contribution in [2.75, 3.05) is 19.6 Å². The fourth-order valence-electron chi connectivity index (χ4n) is 1.99. The molecule has 1 unspecified atom stereocenters. The van der Waals surface area contributed by atoms with Crippen molar-refractivity contribution in [3.05, 3.63) is 36.3 Å². The molecule has 1 aliphatic rings. The van der Waals surface area contributed by atoms with Gasteiger partial charge in [0.25, 0.3) is 0 Å². The number of nitrogens with zero attached hydrogens (tertiary/aromatic N) is 2. The predicted octanol–water partition coefficient (Wildman–Crippen LogP) is 0.864. The van der Waals surface area contributed by atoms with Crippen LogP contribution in [0.3, 0.4) is 0 Å². The highest BCUT2D eigenvalue weighted by atomic mass is 15.1. The summed E-state index contributed by atoms with van der Waals surface area (Å²) < 4.78 is 0. The van der Waals surface area contributed by atoms with Gasteiger partial charge >= 0.3 is 0 Å². The van der Waals surface area contributed by atoms with Crippen molar-refractivity contribution in [2.45, 2.75) is 6.04 Å². The summed E-state index contributed by atoms with van der Waals surface area (Å²) in [5, 5.41) is 7.84. The third-order valence-corrected chi connectivity index (χ3v) is 2.86. The normalized spacial score (nSPS) is 21.1. The second kappa shape index (κ2) is 4.15. The van der Waals surface area contributed by atoms with Crippen LogP contribution in [0.1, 0.15) is 11.9 Å². The van der Waals surface area contributed by atoms with E-state index in [2.05, 4.69) is 20.6 Å². The van der Waals surface area contributed by atoms with E-state index in [1.807, 2.05) is 30.5 Å². The molecule has 0 aliphatic carbocycles. The zero-order chi connectivity index (χ0) is 10.8. The van der Waals surface area contributed by atoms with Gasteiger partial charge in [0.15, 0.2) is 0 Å². The number of nitrogens with one attached hydrogen (secondary N) is 2. The minimum Gasteiger partial charge on any atom is -0.313 e. The molecule has 4 nitrogen and oxygen atoms in total. The number of benzene rings is 1. The van der Waals surface area contributed by atoms with Gasteiger partial charge in [0.05, 0.1) is 11.6 Å². The first-order valence-electron chi connectivity index (χ1n) is 5.59. The molecule has 1 fully saturated rings. The smallest absolute Gasteiger partial charge is 0.147 e. The zero-order valence-corrected chi connectivity index (χ0v) is 8.98. The minimum atomic E-state index is 0.235. The summed E-state index contributed by atoms with van der Waals surface area (Å²) in [5.74, 6) is 0.880. The molecule has 3 rings (SSSR count). The summed E-state index contributed by atoms with van der Waals surface area (Å²) in [7, 11) is 0. The fraction of sp³-hybridized carbons (Fsp3) is 0.333. The van der Waals surface area contributed by atoms with Crippen molar-refractivity contribution < 1.29 is 0 Å². The van der Waals surface area contributed by atoms with Crippen molar-refractivity contribution in [1.29, 1.82) is 0 Å². The van der Waals surface area contributed by atoms with Gasteiger partial charge in [-0.1, -0.05) is 18.2 Å². The molecule has 0 saturated carbocycles. The lowest BCUT2D eigenvalue weighted by molar-refractivity contribution is 0.416. The highest BCUT2D eigenvalue weighted by Gasteiger charge is 2.16. The largest absolute Gasteiger partial charge is 0.313 e. The molecule has 0 radical (unpaired) electrons. The summed E-state index contributed by atoms with van der Waals surface area (Å²) in [6, 6.07) is 8.30. The van der Waals surface area contributed by atoms with E-state index in [0.717, 1.165) is 36.4 Å². The van der Waals surface area contributed by atoms with Gasteiger partial charge in [-0.05, 0) is 6.07 Å². The lowest BCUT2D eigenvalue weighted by atomic mass is 10.2. The van der Waals surface area contributed by atoms with Crippen molar-refractivity contribution in [1.82, 2.24) is 20.6 Å². The third-order valence-electron chi connectivity index (χ3n) is 2.86. The van der Waals surface area contributed by atoms with E-state index in [1.165, 1.54) is 0 Å². The van der Waals surface area contributed by atoms with Gasteiger partial charge in [0.2, 0.25) is 0 Å². The van der Waals surface area contributed by atoms with Crippen LogP contribution in [-0.4, -0.2) is 29.6 Å². The minimum absolute atomic E-state index is 0.235. The molecule has 1 saturated heterocycles. The third kappa shape index (κ3) is 1.77. The Morgan fingerprint density at radius 3 is 3.00 bits per heavy atom. The van der Waals surface area contributed by atoms with Crippen molar-refractivity contribution in [3.8, 4) is 0 Å². The van der Waals surface area contributed by atoms with Crippen molar-refractivity contribution in [2.24, 2.45) is 0 Å². The molecule has 2 heterocycles. The van der Waals surface area contributed by atoms with E-state index in [9.17, 15) is 0 Å². The van der Waals surface area contributed by atoms with E-state index in [4.69, 9.17) is 0 Å². The molecule has 4 heteroatoms. The summed E-state index contributed by atoms with van der Waals surface area (Å²) in [5.41, 5.74) is 1.01. The van der Waals surface area contributed by atoms with Crippen LogP contribution in [0.2, 0.25) is 0 Å². The Morgan fingerprint density at radius 2 is 2.12 bits per heavy atom. The molecule has 16 heavy (non-hydrogen) atoms. The summed E-state index contributed by atoms with van der Waals surface area (Å²) in [6.45, 7) is 2.89. The molecule has 0 spiro atoms. The first-order chi connectivity index (χ1) is 7.93. The Kier molecular flexibility index (Phi) is 2.52. The maximum atomic E-state index is 4.59. The quantitative estimate of drug-likeness (QED) is 0.739.